The van der Waals surface area contributed by atoms with E-state index < -0.39 is 0 Å². The first-order valence-corrected chi connectivity index (χ1v) is 9.96. The van der Waals surface area contributed by atoms with Gasteiger partial charge in [0.05, 0.1) is 22.9 Å². The van der Waals surface area contributed by atoms with Crippen molar-refractivity contribution in [1.82, 2.24) is 14.9 Å². The van der Waals surface area contributed by atoms with Crippen molar-refractivity contribution in [2.75, 3.05) is 13.7 Å². The van der Waals surface area contributed by atoms with Crippen molar-refractivity contribution in [1.29, 1.82) is 0 Å². The number of thioether (sulfide) groups is 1. The summed E-state index contributed by atoms with van der Waals surface area (Å²) in [6, 6.07) is 6.02. The molecular weight excluding hydrogens is 358 g/mol. The Labute approximate surface area is 157 Å². The molecule has 0 radical (unpaired) electrons. The number of amides is 1. The smallest absolute Gasteiger partial charge is 0.233 e. The lowest BCUT2D eigenvalue weighted by Crippen LogP contribution is -2.37. The van der Waals surface area contributed by atoms with E-state index in [0.717, 1.165) is 29.0 Å². The quantitative estimate of drug-likeness (QED) is 0.739. The van der Waals surface area contributed by atoms with Crippen LogP contribution in [0.3, 0.4) is 0 Å². The Hall–Kier alpha value is -1.24. The number of aromatic nitrogens is 2. The molecule has 0 spiro atoms. The number of rotatable bonds is 7. The molecule has 2 aromatic rings. The molecule has 0 aliphatic heterocycles. The first kappa shape index (κ1) is 18.5. The Bertz CT molecular complexity index is 743. The van der Waals surface area contributed by atoms with Gasteiger partial charge in [-0.3, -0.25) is 4.79 Å². The van der Waals surface area contributed by atoms with Gasteiger partial charge in [0.1, 0.15) is 0 Å². The number of carbonyl (C=O) groups excluding carboxylic acids is 1. The SMILES string of the molecule is COCCn1c(SC(C)C(=O)NC2CCCC2)nc2cc(Cl)ccc21. The number of carbonyl (C=O) groups is 1. The highest BCUT2D eigenvalue weighted by atomic mass is 35.5. The summed E-state index contributed by atoms with van der Waals surface area (Å²) < 4.78 is 7.32. The number of nitrogens with zero attached hydrogens (tertiary/aromatic N) is 2. The van der Waals surface area contributed by atoms with Crippen LogP contribution in [0.2, 0.25) is 5.02 Å². The normalized spacial score (nSPS) is 16.4. The standard InChI is InChI=1S/C18H24ClN3O2S/c1-12(17(23)20-14-5-3-4-6-14)25-18-21-15-11-13(19)7-8-16(15)22(18)9-10-24-2/h7-8,11-12,14H,3-6,9-10H2,1-2H3,(H,20,23). The summed E-state index contributed by atoms with van der Waals surface area (Å²) in [6.07, 6.45) is 4.60. The van der Waals surface area contributed by atoms with E-state index in [1.165, 1.54) is 24.6 Å². The summed E-state index contributed by atoms with van der Waals surface area (Å²) in [6.45, 7) is 3.21. The molecule has 7 heteroatoms. The summed E-state index contributed by atoms with van der Waals surface area (Å²) in [5, 5.41) is 4.44. The van der Waals surface area contributed by atoms with E-state index in [9.17, 15) is 4.79 Å². The molecule has 0 bridgehead atoms. The maximum absolute atomic E-state index is 12.5. The van der Waals surface area contributed by atoms with E-state index in [4.69, 9.17) is 16.3 Å². The zero-order valence-corrected chi connectivity index (χ0v) is 16.2. The van der Waals surface area contributed by atoms with Crippen LogP contribution in [0, 0.1) is 0 Å². The number of nitrogens with one attached hydrogen (secondary N) is 1. The highest BCUT2D eigenvalue weighted by molar-refractivity contribution is 8.00. The molecule has 5 nitrogen and oxygen atoms in total. The van der Waals surface area contributed by atoms with Crippen molar-refractivity contribution in [3.05, 3.63) is 23.2 Å². The second kappa shape index (κ2) is 8.43. The average Bonchev–Trinajstić information content (AvgIpc) is 3.20. The van der Waals surface area contributed by atoms with Crippen LogP contribution in [0.25, 0.3) is 11.0 Å². The van der Waals surface area contributed by atoms with Gasteiger partial charge in [-0.2, -0.15) is 0 Å². The number of ether oxygens (including phenoxy) is 1. The highest BCUT2D eigenvalue weighted by Gasteiger charge is 2.23. The van der Waals surface area contributed by atoms with Crippen LogP contribution < -0.4 is 5.32 Å². The minimum atomic E-state index is -0.200. The maximum Gasteiger partial charge on any atom is 0.233 e. The van der Waals surface area contributed by atoms with Crippen LogP contribution >= 0.6 is 23.4 Å². The summed E-state index contributed by atoms with van der Waals surface area (Å²) in [7, 11) is 1.68. The first-order valence-electron chi connectivity index (χ1n) is 8.70. The van der Waals surface area contributed by atoms with Crippen LogP contribution in [0.4, 0.5) is 0 Å². The highest BCUT2D eigenvalue weighted by Crippen LogP contribution is 2.29. The lowest BCUT2D eigenvalue weighted by molar-refractivity contribution is -0.120. The summed E-state index contributed by atoms with van der Waals surface area (Å²) >= 11 is 7.58. The zero-order valence-electron chi connectivity index (χ0n) is 14.6. The van der Waals surface area contributed by atoms with E-state index in [-0.39, 0.29) is 11.2 Å². The minimum Gasteiger partial charge on any atom is -0.383 e. The van der Waals surface area contributed by atoms with E-state index >= 15 is 0 Å². The van der Waals surface area contributed by atoms with E-state index in [2.05, 4.69) is 14.9 Å². The van der Waals surface area contributed by atoms with Gasteiger partial charge in [0.15, 0.2) is 5.16 Å². The molecule has 25 heavy (non-hydrogen) atoms. The largest absolute Gasteiger partial charge is 0.383 e. The molecule has 1 atom stereocenters. The van der Waals surface area contributed by atoms with Crippen molar-refractivity contribution in [2.24, 2.45) is 0 Å². The Morgan fingerprint density at radius 2 is 2.24 bits per heavy atom. The van der Waals surface area contributed by atoms with Gasteiger partial charge in [-0.1, -0.05) is 36.2 Å². The fourth-order valence-corrected chi connectivity index (χ4v) is 4.30. The average molecular weight is 382 g/mol. The summed E-state index contributed by atoms with van der Waals surface area (Å²) in [5.74, 6) is 0.0836. The van der Waals surface area contributed by atoms with Crippen LogP contribution in [-0.2, 0) is 16.1 Å². The Morgan fingerprint density at radius 3 is 2.96 bits per heavy atom. The topological polar surface area (TPSA) is 56.1 Å². The zero-order chi connectivity index (χ0) is 17.8. The third kappa shape index (κ3) is 4.49. The Morgan fingerprint density at radius 1 is 1.48 bits per heavy atom. The molecule has 1 fully saturated rings. The van der Waals surface area contributed by atoms with Gasteiger partial charge >= 0.3 is 0 Å². The van der Waals surface area contributed by atoms with E-state index in [0.29, 0.717) is 24.2 Å². The molecule has 1 aliphatic carbocycles. The third-order valence-corrected chi connectivity index (χ3v) is 5.87. The molecule has 1 amide bonds. The number of hydrogen-bond acceptors (Lipinski definition) is 4. The predicted molar refractivity (Wildman–Crippen MR) is 102 cm³/mol. The molecule has 1 aliphatic rings. The molecule has 0 saturated heterocycles. The van der Waals surface area contributed by atoms with E-state index in [1.807, 2.05) is 25.1 Å². The molecule has 1 aromatic carbocycles. The fourth-order valence-electron chi connectivity index (χ4n) is 3.17. The summed E-state index contributed by atoms with van der Waals surface area (Å²) in [5.41, 5.74) is 1.85. The number of methoxy groups -OCH3 is 1. The molecule has 1 unspecified atom stereocenters. The molecular formula is C18H24ClN3O2S. The molecule has 136 valence electrons. The third-order valence-electron chi connectivity index (χ3n) is 4.55. The van der Waals surface area contributed by atoms with Gasteiger partial charge in [0.2, 0.25) is 5.91 Å². The van der Waals surface area contributed by atoms with Gasteiger partial charge < -0.3 is 14.6 Å². The van der Waals surface area contributed by atoms with Gasteiger partial charge in [0, 0.05) is 24.7 Å². The fraction of sp³-hybridized carbons (Fsp3) is 0.556. The number of imidazole rings is 1. The number of hydrogen-bond donors (Lipinski definition) is 1. The van der Waals surface area contributed by atoms with E-state index in [1.54, 1.807) is 7.11 Å². The Kier molecular flexibility index (Phi) is 6.25. The maximum atomic E-state index is 12.5. The molecule has 1 aromatic heterocycles. The number of benzene rings is 1. The molecule has 1 N–H and O–H groups in total. The predicted octanol–water partition coefficient (Wildman–Crippen LogP) is 3.88. The van der Waals surface area contributed by atoms with Crippen molar-refractivity contribution in [2.45, 2.75) is 55.6 Å². The molecule has 1 heterocycles. The number of fused-ring (bicyclic) bond motifs is 1. The van der Waals surface area contributed by atoms with Crippen LogP contribution in [0.5, 0.6) is 0 Å². The summed E-state index contributed by atoms with van der Waals surface area (Å²) in [4.78, 5) is 17.2. The van der Waals surface area contributed by atoms with Crippen molar-refractivity contribution in [3.63, 3.8) is 0 Å². The minimum absolute atomic E-state index is 0.0836. The first-order chi connectivity index (χ1) is 12.1. The second-order valence-electron chi connectivity index (χ2n) is 6.42. The lowest BCUT2D eigenvalue weighted by Gasteiger charge is -2.16. The Balaban J connectivity index is 1.77. The van der Waals surface area contributed by atoms with Gasteiger partial charge in [-0.25, -0.2) is 4.98 Å². The van der Waals surface area contributed by atoms with Crippen molar-refractivity contribution < 1.29 is 9.53 Å². The second-order valence-corrected chi connectivity index (χ2v) is 8.17. The monoisotopic (exact) mass is 381 g/mol. The van der Waals surface area contributed by atoms with Gasteiger partial charge in [-0.05, 0) is 38.0 Å². The van der Waals surface area contributed by atoms with Crippen LogP contribution in [-0.4, -0.2) is 40.5 Å². The molecule has 3 rings (SSSR count). The van der Waals surface area contributed by atoms with Gasteiger partial charge in [0.25, 0.3) is 0 Å². The van der Waals surface area contributed by atoms with Crippen molar-refractivity contribution >= 4 is 40.3 Å². The van der Waals surface area contributed by atoms with Crippen molar-refractivity contribution in [3.8, 4) is 0 Å². The van der Waals surface area contributed by atoms with Crippen LogP contribution in [0.15, 0.2) is 23.4 Å². The molecule has 1 saturated carbocycles. The lowest BCUT2D eigenvalue weighted by atomic mass is 10.2. The van der Waals surface area contributed by atoms with Gasteiger partial charge in [-0.15, -0.1) is 0 Å². The number of halogens is 1. The van der Waals surface area contributed by atoms with Crippen LogP contribution in [0.1, 0.15) is 32.6 Å².